The van der Waals surface area contributed by atoms with Gasteiger partial charge in [-0.1, -0.05) is 41.6 Å². The molecule has 4 rings (SSSR count). The molecular weight excluding hydrogens is 338 g/mol. The summed E-state index contributed by atoms with van der Waals surface area (Å²) in [6.45, 7) is 0. The predicted octanol–water partition coefficient (Wildman–Crippen LogP) is 4.68. The summed E-state index contributed by atoms with van der Waals surface area (Å²) in [5.74, 6) is 0.173. The zero-order chi connectivity index (χ0) is 18.8. The summed E-state index contributed by atoms with van der Waals surface area (Å²) in [6, 6.07) is 24.2. The monoisotopic (exact) mass is 353 g/mol. The Labute approximate surface area is 155 Å². The van der Waals surface area contributed by atoms with E-state index in [0.717, 1.165) is 27.8 Å². The van der Waals surface area contributed by atoms with Crippen LogP contribution in [-0.2, 0) is 0 Å². The van der Waals surface area contributed by atoms with Gasteiger partial charge in [-0.15, -0.1) is 0 Å². The van der Waals surface area contributed by atoms with Gasteiger partial charge in [0.15, 0.2) is 0 Å². The Kier molecular flexibility index (Phi) is 4.07. The average Bonchev–Trinajstić information content (AvgIpc) is 3.03. The van der Waals surface area contributed by atoms with Gasteiger partial charge in [-0.25, -0.2) is 0 Å². The van der Waals surface area contributed by atoms with E-state index in [4.69, 9.17) is 0 Å². The molecule has 5 nitrogen and oxygen atoms in total. The van der Waals surface area contributed by atoms with Crippen molar-refractivity contribution in [3.05, 3.63) is 83.9 Å². The zero-order valence-corrected chi connectivity index (χ0v) is 14.2. The van der Waals surface area contributed by atoms with E-state index in [2.05, 4.69) is 11.2 Å². The maximum absolute atomic E-state index is 9.67. The highest BCUT2D eigenvalue weighted by Gasteiger charge is 2.20. The number of aromatic hydroxyl groups is 1. The number of nitrogens with zero attached hydrogens (tertiary/aromatic N) is 3. The number of aromatic nitrogens is 1. The maximum Gasteiger partial charge on any atom is 0.115 e. The number of phenolic OH excluding ortho intramolecular Hbond substituents is 1. The zero-order valence-electron chi connectivity index (χ0n) is 14.2. The first-order chi connectivity index (χ1) is 13.2. The molecule has 0 saturated carbocycles. The van der Waals surface area contributed by atoms with Crippen molar-refractivity contribution in [1.29, 1.82) is 5.26 Å². The van der Waals surface area contributed by atoms with E-state index in [0.29, 0.717) is 11.1 Å². The minimum absolute atomic E-state index is 0.173. The Bertz CT molecular complexity index is 1200. The first-order valence-corrected chi connectivity index (χ1v) is 8.34. The van der Waals surface area contributed by atoms with Crippen LogP contribution in [-0.4, -0.2) is 21.1 Å². The lowest BCUT2D eigenvalue weighted by Crippen LogP contribution is -1.99. The highest BCUT2D eigenvalue weighted by molar-refractivity contribution is 6.07. The molecular formula is C22H15N3O2. The van der Waals surface area contributed by atoms with Gasteiger partial charge in [0.1, 0.15) is 5.75 Å². The van der Waals surface area contributed by atoms with E-state index in [9.17, 15) is 15.6 Å². The Balaban J connectivity index is 2.19. The van der Waals surface area contributed by atoms with Gasteiger partial charge in [0, 0.05) is 22.2 Å². The molecule has 1 heterocycles. The van der Waals surface area contributed by atoms with Crippen molar-refractivity contribution in [2.24, 2.45) is 5.16 Å². The normalized spacial score (nSPS) is 11.1. The first-order valence-electron chi connectivity index (χ1n) is 8.34. The van der Waals surface area contributed by atoms with Gasteiger partial charge in [-0.2, -0.15) is 5.26 Å². The number of hydrogen-bond acceptors (Lipinski definition) is 4. The summed E-state index contributed by atoms with van der Waals surface area (Å²) in [5, 5.41) is 32.7. The Morgan fingerprint density at radius 1 is 0.926 bits per heavy atom. The molecule has 0 amide bonds. The van der Waals surface area contributed by atoms with E-state index >= 15 is 0 Å². The molecule has 0 unspecified atom stereocenters. The minimum atomic E-state index is 0.173. The quantitative estimate of drug-likeness (QED) is 0.319. The third-order valence-corrected chi connectivity index (χ3v) is 4.51. The molecule has 4 aromatic rings. The number of fused-ring (bicyclic) bond motifs is 1. The summed E-state index contributed by atoms with van der Waals surface area (Å²) in [6.07, 6.45) is 1.39. The van der Waals surface area contributed by atoms with Crippen LogP contribution in [0.1, 0.15) is 11.1 Å². The topological polar surface area (TPSA) is 81.5 Å². The van der Waals surface area contributed by atoms with Gasteiger partial charge < -0.3 is 14.9 Å². The van der Waals surface area contributed by atoms with Crippen molar-refractivity contribution in [1.82, 2.24) is 4.57 Å². The lowest BCUT2D eigenvalue weighted by molar-refractivity contribution is 0.322. The van der Waals surface area contributed by atoms with Gasteiger partial charge in [0.05, 0.1) is 29.1 Å². The predicted molar refractivity (Wildman–Crippen MR) is 104 cm³/mol. The molecule has 130 valence electrons. The first kappa shape index (κ1) is 16.4. The third-order valence-electron chi connectivity index (χ3n) is 4.51. The fourth-order valence-electron chi connectivity index (χ4n) is 3.38. The fraction of sp³-hybridized carbons (Fsp3) is 0. The van der Waals surface area contributed by atoms with Crippen LogP contribution in [0.4, 0.5) is 0 Å². The molecule has 2 N–H and O–H groups in total. The second-order valence-corrected chi connectivity index (χ2v) is 6.03. The average molecular weight is 353 g/mol. The summed E-state index contributed by atoms with van der Waals surface area (Å²) in [4.78, 5) is 0. The third kappa shape index (κ3) is 2.70. The van der Waals surface area contributed by atoms with E-state index in [-0.39, 0.29) is 5.75 Å². The Morgan fingerprint density at radius 3 is 2.37 bits per heavy atom. The molecule has 0 radical (unpaired) electrons. The molecule has 0 aliphatic heterocycles. The summed E-state index contributed by atoms with van der Waals surface area (Å²) < 4.78 is 2.00. The number of phenols is 1. The molecule has 5 heteroatoms. The molecule has 3 aromatic carbocycles. The number of hydrogen-bond donors (Lipinski definition) is 2. The number of nitriles is 1. The second kappa shape index (κ2) is 6.70. The molecule has 27 heavy (non-hydrogen) atoms. The smallest absolute Gasteiger partial charge is 0.115 e. The van der Waals surface area contributed by atoms with E-state index in [1.54, 1.807) is 30.3 Å². The van der Waals surface area contributed by atoms with Crippen molar-refractivity contribution in [3.63, 3.8) is 0 Å². The lowest BCUT2D eigenvalue weighted by Gasteiger charge is -2.13. The SMILES string of the molecule is N#Cc1ccccc1-c1c(C=NO)c2ccccc2n1-c1ccc(O)cc1. The summed E-state index contributed by atoms with van der Waals surface area (Å²) in [5.41, 5.74) is 4.44. The van der Waals surface area contributed by atoms with Crippen LogP contribution in [0.5, 0.6) is 5.75 Å². The lowest BCUT2D eigenvalue weighted by atomic mass is 10.0. The van der Waals surface area contributed by atoms with Crippen LogP contribution in [0.25, 0.3) is 27.8 Å². The van der Waals surface area contributed by atoms with Gasteiger partial charge in [0.2, 0.25) is 0 Å². The molecule has 0 aliphatic carbocycles. The number of rotatable bonds is 3. The molecule has 1 aromatic heterocycles. The van der Waals surface area contributed by atoms with Crippen LogP contribution in [0.15, 0.2) is 78.0 Å². The van der Waals surface area contributed by atoms with Gasteiger partial charge in [-0.3, -0.25) is 0 Å². The van der Waals surface area contributed by atoms with Crippen LogP contribution in [0.2, 0.25) is 0 Å². The molecule has 0 fully saturated rings. The van der Waals surface area contributed by atoms with Crippen molar-refractivity contribution in [2.45, 2.75) is 0 Å². The van der Waals surface area contributed by atoms with Gasteiger partial charge in [0.25, 0.3) is 0 Å². The summed E-state index contributed by atoms with van der Waals surface area (Å²) in [7, 11) is 0. The van der Waals surface area contributed by atoms with Crippen molar-refractivity contribution >= 4 is 17.1 Å². The van der Waals surface area contributed by atoms with E-state index in [1.165, 1.54) is 6.21 Å². The number of para-hydroxylation sites is 1. The van der Waals surface area contributed by atoms with Gasteiger partial charge >= 0.3 is 0 Å². The molecule has 0 atom stereocenters. The van der Waals surface area contributed by atoms with Crippen LogP contribution < -0.4 is 0 Å². The molecule has 0 spiro atoms. The Morgan fingerprint density at radius 2 is 1.63 bits per heavy atom. The molecule has 0 aliphatic rings. The second-order valence-electron chi connectivity index (χ2n) is 6.03. The van der Waals surface area contributed by atoms with Gasteiger partial charge in [-0.05, 0) is 36.4 Å². The molecule has 0 saturated heterocycles. The highest BCUT2D eigenvalue weighted by atomic mass is 16.4. The van der Waals surface area contributed by atoms with Crippen molar-refractivity contribution in [2.75, 3.05) is 0 Å². The van der Waals surface area contributed by atoms with E-state index < -0.39 is 0 Å². The standard InChI is InChI=1S/C22H15N3O2/c23-13-15-5-1-2-6-18(15)22-20(14-24-27)19-7-3-4-8-21(19)25(22)16-9-11-17(26)12-10-16/h1-12,14,26-27H. The van der Waals surface area contributed by atoms with E-state index in [1.807, 2.05) is 47.0 Å². The summed E-state index contributed by atoms with van der Waals surface area (Å²) >= 11 is 0. The van der Waals surface area contributed by atoms with Crippen molar-refractivity contribution < 1.29 is 10.3 Å². The van der Waals surface area contributed by atoms with Crippen LogP contribution in [0, 0.1) is 11.3 Å². The number of oxime groups is 1. The minimum Gasteiger partial charge on any atom is -0.508 e. The van der Waals surface area contributed by atoms with Crippen LogP contribution >= 0.6 is 0 Å². The highest BCUT2D eigenvalue weighted by Crippen LogP contribution is 2.37. The molecule has 0 bridgehead atoms. The largest absolute Gasteiger partial charge is 0.508 e. The fourth-order valence-corrected chi connectivity index (χ4v) is 3.38. The maximum atomic E-state index is 9.67. The number of benzene rings is 3. The Hall–Kier alpha value is -4.04. The van der Waals surface area contributed by atoms with Crippen molar-refractivity contribution in [3.8, 4) is 28.8 Å². The van der Waals surface area contributed by atoms with Crippen LogP contribution in [0.3, 0.4) is 0 Å².